The van der Waals surface area contributed by atoms with Gasteiger partial charge in [0, 0.05) is 18.5 Å². The lowest BCUT2D eigenvalue weighted by molar-refractivity contribution is 0.292. The van der Waals surface area contributed by atoms with Gasteiger partial charge in [-0.1, -0.05) is 26.0 Å². The number of fused-ring (bicyclic) bond motifs is 3. The molecule has 2 aromatic heterocycles. The normalized spacial score (nSPS) is 11.8. The van der Waals surface area contributed by atoms with Crippen LogP contribution in [0.4, 0.5) is 0 Å². The third kappa shape index (κ3) is 2.45. The summed E-state index contributed by atoms with van der Waals surface area (Å²) in [6, 6.07) is 7.60. The molecule has 0 N–H and O–H groups in total. The Labute approximate surface area is 122 Å². The summed E-state index contributed by atoms with van der Waals surface area (Å²) in [6.45, 7) is 8.09. The topological polar surface area (TPSA) is 51.3 Å². The quantitative estimate of drug-likeness (QED) is 0.676. The van der Waals surface area contributed by atoms with Crippen LogP contribution in [-0.4, -0.2) is 34.1 Å². The summed E-state index contributed by atoms with van der Waals surface area (Å²) in [5, 5.41) is 0.934. The van der Waals surface area contributed by atoms with E-state index in [-0.39, 0.29) is 5.63 Å². The first-order chi connectivity index (χ1) is 10.2. The lowest BCUT2D eigenvalue weighted by Gasteiger charge is -2.18. The Kier molecular flexibility index (Phi) is 3.75. The van der Waals surface area contributed by atoms with Crippen molar-refractivity contribution in [3.63, 3.8) is 0 Å². The van der Waals surface area contributed by atoms with E-state index in [1.165, 1.54) is 0 Å². The van der Waals surface area contributed by atoms with Crippen molar-refractivity contribution in [2.24, 2.45) is 0 Å². The molecule has 110 valence electrons. The molecule has 0 spiro atoms. The van der Waals surface area contributed by atoms with E-state index in [9.17, 15) is 4.79 Å². The number of aromatic nitrogens is 2. The third-order valence-electron chi connectivity index (χ3n) is 3.93. The van der Waals surface area contributed by atoms with Gasteiger partial charge in [0.25, 0.3) is 0 Å². The summed E-state index contributed by atoms with van der Waals surface area (Å²) >= 11 is 0. The molecule has 0 amide bonds. The van der Waals surface area contributed by atoms with Crippen molar-refractivity contribution < 1.29 is 4.42 Å². The van der Waals surface area contributed by atoms with Gasteiger partial charge in [-0.25, -0.2) is 9.78 Å². The van der Waals surface area contributed by atoms with Gasteiger partial charge in [0.15, 0.2) is 5.52 Å². The van der Waals surface area contributed by atoms with Gasteiger partial charge < -0.3 is 13.9 Å². The van der Waals surface area contributed by atoms with Crippen molar-refractivity contribution >= 4 is 22.0 Å². The predicted octanol–water partition coefficient (Wildman–Crippen LogP) is 2.48. The van der Waals surface area contributed by atoms with Crippen LogP contribution in [0, 0.1) is 0 Å². The van der Waals surface area contributed by atoms with Gasteiger partial charge in [-0.05, 0) is 25.2 Å². The van der Waals surface area contributed by atoms with Gasteiger partial charge in [0.05, 0.1) is 11.8 Å². The molecule has 21 heavy (non-hydrogen) atoms. The van der Waals surface area contributed by atoms with Crippen LogP contribution in [0.3, 0.4) is 0 Å². The second-order valence-corrected chi connectivity index (χ2v) is 5.05. The Morgan fingerprint density at radius 2 is 2.00 bits per heavy atom. The number of benzene rings is 1. The minimum Gasteiger partial charge on any atom is -0.421 e. The number of hydrogen-bond donors (Lipinski definition) is 0. The third-order valence-corrected chi connectivity index (χ3v) is 3.93. The van der Waals surface area contributed by atoms with E-state index >= 15 is 0 Å². The highest BCUT2D eigenvalue weighted by molar-refractivity contribution is 6.00. The Balaban J connectivity index is 2.09. The molecule has 3 aromatic rings. The van der Waals surface area contributed by atoms with E-state index in [1.807, 2.05) is 28.8 Å². The van der Waals surface area contributed by atoms with Gasteiger partial charge in [0.2, 0.25) is 0 Å². The zero-order valence-electron chi connectivity index (χ0n) is 12.4. The molecule has 0 fully saturated rings. The molecule has 0 bridgehead atoms. The van der Waals surface area contributed by atoms with Crippen LogP contribution in [0.2, 0.25) is 0 Å². The number of para-hydroxylation sites is 1. The number of hydrogen-bond acceptors (Lipinski definition) is 4. The maximum atomic E-state index is 12.0. The predicted molar refractivity (Wildman–Crippen MR) is 83.6 cm³/mol. The van der Waals surface area contributed by atoms with Crippen LogP contribution < -0.4 is 5.63 Å². The lowest BCUT2D eigenvalue weighted by atomic mass is 10.2. The average Bonchev–Trinajstić information content (AvgIpc) is 2.93. The minimum atomic E-state index is -0.370. The average molecular weight is 285 g/mol. The molecule has 0 saturated carbocycles. The molecule has 0 aliphatic rings. The number of likely N-dealkylation sites (N-methyl/N-ethyl adjacent to an activating group) is 1. The first-order valence-electron chi connectivity index (χ1n) is 7.33. The van der Waals surface area contributed by atoms with Gasteiger partial charge in [-0.2, -0.15) is 0 Å². The number of rotatable bonds is 5. The summed E-state index contributed by atoms with van der Waals surface area (Å²) in [4.78, 5) is 18.6. The van der Waals surface area contributed by atoms with Gasteiger partial charge in [0.1, 0.15) is 5.58 Å². The summed E-state index contributed by atoms with van der Waals surface area (Å²) in [5.41, 5.74) is 1.52. The van der Waals surface area contributed by atoms with E-state index < -0.39 is 0 Å². The molecule has 1 aromatic carbocycles. The highest BCUT2D eigenvalue weighted by atomic mass is 16.4. The van der Waals surface area contributed by atoms with Crippen molar-refractivity contribution in [1.82, 2.24) is 14.5 Å². The fourth-order valence-corrected chi connectivity index (χ4v) is 2.67. The lowest BCUT2D eigenvalue weighted by Crippen LogP contribution is -2.26. The van der Waals surface area contributed by atoms with Crippen molar-refractivity contribution in [2.45, 2.75) is 20.4 Å². The molecule has 0 radical (unpaired) electrons. The summed E-state index contributed by atoms with van der Waals surface area (Å²) in [5.74, 6) is 0. The second kappa shape index (κ2) is 5.69. The van der Waals surface area contributed by atoms with Crippen LogP contribution in [0.5, 0.6) is 0 Å². The SMILES string of the molecule is CCN(CC)CCn1cnc2c(=O)oc3ccccc3c21. The van der Waals surface area contributed by atoms with E-state index in [0.29, 0.717) is 11.1 Å². The first-order valence-corrected chi connectivity index (χ1v) is 7.33. The summed E-state index contributed by atoms with van der Waals surface area (Å²) < 4.78 is 7.36. The van der Waals surface area contributed by atoms with Crippen LogP contribution in [-0.2, 0) is 6.54 Å². The fraction of sp³-hybridized carbons (Fsp3) is 0.375. The van der Waals surface area contributed by atoms with Crippen molar-refractivity contribution in [2.75, 3.05) is 19.6 Å². The molecular weight excluding hydrogens is 266 g/mol. The Hall–Kier alpha value is -2.14. The largest absolute Gasteiger partial charge is 0.421 e. The highest BCUT2D eigenvalue weighted by Gasteiger charge is 2.13. The van der Waals surface area contributed by atoms with E-state index in [1.54, 1.807) is 6.33 Å². The molecule has 0 atom stereocenters. The molecule has 0 aliphatic carbocycles. The molecule has 3 rings (SSSR count). The van der Waals surface area contributed by atoms with Crippen LogP contribution in [0.1, 0.15) is 13.8 Å². The highest BCUT2D eigenvalue weighted by Crippen LogP contribution is 2.21. The van der Waals surface area contributed by atoms with E-state index in [4.69, 9.17) is 4.42 Å². The summed E-state index contributed by atoms with van der Waals surface area (Å²) in [6.07, 6.45) is 1.73. The smallest absolute Gasteiger partial charge is 0.364 e. The Morgan fingerprint density at radius 3 is 2.76 bits per heavy atom. The monoisotopic (exact) mass is 285 g/mol. The minimum absolute atomic E-state index is 0.370. The number of nitrogens with zero attached hydrogens (tertiary/aromatic N) is 3. The molecule has 5 nitrogen and oxygen atoms in total. The molecule has 0 unspecified atom stereocenters. The van der Waals surface area contributed by atoms with Crippen LogP contribution in [0.15, 0.2) is 39.8 Å². The van der Waals surface area contributed by atoms with Crippen molar-refractivity contribution in [3.8, 4) is 0 Å². The second-order valence-electron chi connectivity index (χ2n) is 5.05. The molecule has 2 heterocycles. The molecule has 0 saturated heterocycles. The molecule has 5 heteroatoms. The van der Waals surface area contributed by atoms with Gasteiger partial charge >= 0.3 is 5.63 Å². The van der Waals surface area contributed by atoms with Crippen LogP contribution >= 0.6 is 0 Å². The molecular formula is C16H19N3O2. The van der Waals surface area contributed by atoms with Gasteiger partial charge in [-0.3, -0.25) is 0 Å². The Bertz CT molecular complexity index is 815. The van der Waals surface area contributed by atoms with Crippen molar-refractivity contribution in [3.05, 3.63) is 41.0 Å². The maximum absolute atomic E-state index is 12.0. The zero-order chi connectivity index (χ0) is 14.8. The van der Waals surface area contributed by atoms with E-state index in [2.05, 4.69) is 23.7 Å². The molecule has 0 aliphatic heterocycles. The van der Waals surface area contributed by atoms with Crippen LogP contribution in [0.25, 0.3) is 22.0 Å². The fourth-order valence-electron chi connectivity index (χ4n) is 2.67. The van der Waals surface area contributed by atoms with Crippen molar-refractivity contribution in [1.29, 1.82) is 0 Å². The maximum Gasteiger partial charge on any atom is 0.364 e. The zero-order valence-corrected chi connectivity index (χ0v) is 12.4. The Morgan fingerprint density at radius 1 is 1.24 bits per heavy atom. The van der Waals surface area contributed by atoms with E-state index in [0.717, 1.165) is 37.1 Å². The first kappa shape index (κ1) is 13.8. The summed E-state index contributed by atoms with van der Waals surface area (Å²) in [7, 11) is 0. The standard InChI is InChI=1S/C16H19N3O2/c1-3-18(4-2)9-10-19-11-17-14-15(19)12-7-5-6-8-13(12)21-16(14)20/h5-8,11H,3-4,9-10H2,1-2H3. The number of imidazole rings is 1. The van der Waals surface area contributed by atoms with Gasteiger partial charge in [-0.15, -0.1) is 0 Å².